The summed E-state index contributed by atoms with van der Waals surface area (Å²) in [6.45, 7) is 6.20. The van der Waals surface area contributed by atoms with Gasteiger partial charge in [0.05, 0.1) is 0 Å². The smallest absolute Gasteiger partial charge is 0.270 e. The number of nitrogens with one attached hydrogen (secondary N) is 1. The number of hydrogen-bond acceptors (Lipinski definition) is 3. The second kappa shape index (κ2) is 12.9. The van der Waals surface area contributed by atoms with Crippen molar-refractivity contribution in [1.82, 2.24) is 19.7 Å². The van der Waals surface area contributed by atoms with Gasteiger partial charge in [-0.25, -0.2) is 0 Å². The lowest BCUT2D eigenvalue weighted by molar-refractivity contribution is 0.0755. The zero-order chi connectivity index (χ0) is 23.7. The fourth-order valence-electron chi connectivity index (χ4n) is 5.46. The first-order valence-corrected chi connectivity index (χ1v) is 13.0. The summed E-state index contributed by atoms with van der Waals surface area (Å²) in [5.74, 6) is 0.495. The monoisotopic (exact) mass is 570 g/mol. The minimum absolute atomic E-state index is 0. The molecular weight excluding hydrogens is 538 g/mol. The van der Waals surface area contributed by atoms with Gasteiger partial charge in [0.25, 0.3) is 5.91 Å². The van der Waals surface area contributed by atoms with Crippen LogP contribution in [0.25, 0.3) is 10.9 Å². The predicted molar refractivity (Wildman–Crippen MR) is 155 cm³/mol. The van der Waals surface area contributed by atoms with Crippen LogP contribution in [0.4, 0.5) is 0 Å². The number of halogens is 4. The highest BCUT2D eigenvalue weighted by molar-refractivity contribution is 6.36. The van der Waals surface area contributed by atoms with Gasteiger partial charge in [0.1, 0.15) is 5.69 Å². The normalized spacial score (nSPS) is 17.9. The molecule has 2 fully saturated rings. The van der Waals surface area contributed by atoms with E-state index in [4.69, 9.17) is 23.2 Å². The van der Waals surface area contributed by atoms with E-state index in [1.165, 1.54) is 0 Å². The maximum atomic E-state index is 13.6. The highest BCUT2D eigenvalue weighted by Gasteiger charge is 2.28. The van der Waals surface area contributed by atoms with Crippen LogP contribution in [0.5, 0.6) is 0 Å². The van der Waals surface area contributed by atoms with Gasteiger partial charge in [-0.2, -0.15) is 0 Å². The van der Waals surface area contributed by atoms with E-state index in [0.717, 1.165) is 103 Å². The molecule has 36 heavy (non-hydrogen) atoms. The summed E-state index contributed by atoms with van der Waals surface area (Å²) < 4.78 is 0. The largest absolute Gasteiger partial charge is 0.350 e. The van der Waals surface area contributed by atoms with Crippen molar-refractivity contribution in [2.45, 2.75) is 31.7 Å². The van der Waals surface area contributed by atoms with Gasteiger partial charge in [0, 0.05) is 52.7 Å². The molecule has 1 N–H and O–H groups in total. The van der Waals surface area contributed by atoms with Gasteiger partial charge in [-0.3, -0.25) is 9.69 Å². The molecule has 3 aromatic rings. The Bertz CT molecular complexity index is 1160. The van der Waals surface area contributed by atoms with Crippen LogP contribution in [0.3, 0.4) is 0 Å². The van der Waals surface area contributed by atoms with E-state index in [9.17, 15) is 4.79 Å². The Kier molecular flexibility index (Phi) is 10.4. The van der Waals surface area contributed by atoms with E-state index < -0.39 is 0 Å². The van der Waals surface area contributed by atoms with E-state index >= 15 is 0 Å². The topological polar surface area (TPSA) is 42.6 Å². The van der Waals surface area contributed by atoms with Crippen LogP contribution < -0.4 is 0 Å². The van der Waals surface area contributed by atoms with Crippen LogP contribution in [0, 0.1) is 0 Å². The third-order valence-corrected chi connectivity index (χ3v) is 8.07. The summed E-state index contributed by atoms with van der Waals surface area (Å²) in [6.07, 6.45) is 3.02. The van der Waals surface area contributed by atoms with Gasteiger partial charge in [0.15, 0.2) is 0 Å². The Morgan fingerprint density at radius 3 is 2.33 bits per heavy atom. The van der Waals surface area contributed by atoms with Crippen molar-refractivity contribution in [1.29, 1.82) is 0 Å². The van der Waals surface area contributed by atoms with Crippen LogP contribution in [-0.2, 0) is 6.54 Å². The number of hydrogen-bond donors (Lipinski definition) is 1. The number of rotatable bonds is 4. The number of nitrogens with zero attached hydrogens (tertiary/aromatic N) is 3. The molecule has 0 spiro atoms. The number of H-pyrrole nitrogens is 1. The van der Waals surface area contributed by atoms with E-state index in [2.05, 4.69) is 40.0 Å². The minimum atomic E-state index is 0. The Balaban J connectivity index is 0.00000180. The Labute approximate surface area is 235 Å². The van der Waals surface area contributed by atoms with Crippen molar-refractivity contribution in [3.63, 3.8) is 0 Å². The summed E-state index contributed by atoms with van der Waals surface area (Å²) in [6, 6.07) is 14.0. The molecule has 5 nitrogen and oxygen atoms in total. The third-order valence-electron chi connectivity index (χ3n) is 7.41. The average molecular weight is 572 g/mol. The van der Waals surface area contributed by atoms with Gasteiger partial charge in [-0.1, -0.05) is 47.5 Å². The maximum Gasteiger partial charge on any atom is 0.270 e. The molecule has 0 saturated carbocycles. The maximum absolute atomic E-state index is 13.6. The number of carbonyl (C=O) groups is 1. The molecule has 1 amide bonds. The van der Waals surface area contributed by atoms with Gasteiger partial charge >= 0.3 is 0 Å². The SMILES string of the molecule is CN1CCCN(C(=O)c2[nH]c3ccccc3c2CN2CCC(c3c(Cl)cccc3Cl)CC2)CC1.Cl.Cl. The first-order chi connectivity index (χ1) is 16.5. The minimum Gasteiger partial charge on any atom is -0.350 e. The van der Waals surface area contributed by atoms with Crippen molar-refractivity contribution >= 4 is 64.8 Å². The lowest BCUT2D eigenvalue weighted by Crippen LogP contribution is -2.36. The second-order valence-corrected chi connectivity index (χ2v) is 10.5. The molecule has 9 heteroatoms. The van der Waals surface area contributed by atoms with Gasteiger partial charge in [-0.05, 0) is 75.6 Å². The third kappa shape index (κ3) is 6.15. The Hall–Kier alpha value is -1.47. The number of amides is 1. The number of piperidine rings is 1. The molecule has 1 aromatic heterocycles. The predicted octanol–water partition coefficient (Wildman–Crippen LogP) is 6.48. The average Bonchev–Trinajstić information content (AvgIpc) is 3.05. The van der Waals surface area contributed by atoms with Crippen molar-refractivity contribution in [3.8, 4) is 0 Å². The molecule has 0 aliphatic carbocycles. The number of likely N-dealkylation sites (N-methyl/N-ethyl adjacent to an activating group) is 1. The fraction of sp³-hybridized carbons (Fsp3) is 0.444. The molecule has 2 aliphatic rings. The Morgan fingerprint density at radius 1 is 0.917 bits per heavy atom. The molecule has 2 saturated heterocycles. The summed E-state index contributed by atoms with van der Waals surface area (Å²) in [5.41, 5.74) is 3.99. The first-order valence-electron chi connectivity index (χ1n) is 12.2. The van der Waals surface area contributed by atoms with E-state index in [0.29, 0.717) is 5.92 Å². The summed E-state index contributed by atoms with van der Waals surface area (Å²) in [4.78, 5) is 23.9. The standard InChI is InChI=1S/C27H32Cl2N4O.2ClH/c1-31-12-5-13-33(17-16-31)27(34)26-21(20-6-2-3-9-24(20)30-26)18-32-14-10-19(11-15-32)25-22(28)7-4-8-23(25)29;;/h2-4,6-9,19,30H,5,10-18H2,1H3;2*1H. The number of likely N-dealkylation sites (tertiary alicyclic amines) is 1. The molecule has 0 radical (unpaired) electrons. The van der Waals surface area contributed by atoms with Crippen molar-refractivity contribution < 1.29 is 4.79 Å². The summed E-state index contributed by atoms with van der Waals surface area (Å²) >= 11 is 13.0. The lowest BCUT2D eigenvalue weighted by atomic mass is 9.89. The fourth-order valence-corrected chi connectivity index (χ4v) is 6.16. The number of fused-ring (bicyclic) bond motifs is 1. The van der Waals surface area contributed by atoms with E-state index in [1.54, 1.807) is 0 Å². The molecule has 2 aromatic carbocycles. The van der Waals surface area contributed by atoms with Crippen LogP contribution >= 0.6 is 48.0 Å². The van der Waals surface area contributed by atoms with Gasteiger partial charge in [0.2, 0.25) is 0 Å². The zero-order valence-corrected chi connectivity index (χ0v) is 23.7. The van der Waals surface area contributed by atoms with Crippen molar-refractivity contribution in [2.75, 3.05) is 46.3 Å². The lowest BCUT2D eigenvalue weighted by Gasteiger charge is -2.33. The van der Waals surface area contributed by atoms with Crippen LogP contribution in [0.2, 0.25) is 10.0 Å². The van der Waals surface area contributed by atoms with Crippen LogP contribution in [-0.4, -0.2) is 71.9 Å². The molecule has 2 aliphatic heterocycles. The second-order valence-electron chi connectivity index (χ2n) is 9.66. The molecule has 3 heterocycles. The quantitative estimate of drug-likeness (QED) is 0.390. The first kappa shape index (κ1) is 29.1. The number of aromatic nitrogens is 1. The molecule has 0 bridgehead atoms. The van der Waals surface area contributed by atoms with Crippen molar-refractivity contribution in [3.05, 3.63) is 69.3 Å². The highest BCUT2D eigenvalue weighted by atomic mass is 35.5. The highest BCUT2D eigenvalue weighted by Crippen LogP contribution is 2.38. The summed E-state index contributed by atoms with van der Waals surface area (Å²) in [7, 11) is 2.13. The number of carbonyl (C=O) groups excluding carboxylic acids is 1. The molecule has 0 atom stereocenters. The van der Waals surface area contributed by atoms with Gasteiger partial charge < -0.3 is 14.8 Å². The molecule has 196 valence electrons. The van der Waals surface area contributed by atoms with Crippen molar-refractivity contribution in [2.24, 2.45) is 0 Å². The Morgan fingerprint density at radius 2 is 1.61 bits per heavy atom. The number of aromatic amines is 1. The molecular formula is C27H34Cl4N4O. The molecule has 0 unspecified atom stereocenters. The number of para-hydroxylation sites is 1. The van der Waals surface area contributed by atoms with Crippen LogP contribution in [0.15, 0.2) is 42.5 Å². The number of benzene rings is 2. The zero-order valence-electron chi connectivity index (χ0n) is 20.5. The van der Waals surface area contributed by atoms with Crippen LogP contribution in [0.1, 0.15) is 46.8 Å². The van der Waals surface area contributed by atoms with Gasteiger partial charge in [-0.15, -0.1) is 24.8 Å². The van der Waals surface area contributed by atoms with E-state index in [-0.39, 0.29) is 30.7 Å². The summed E-state index contributed by atoms with van der Waals surface area (Å²) in [5, 5.41) is 2.67. The molecule has 5 rings (SSSR count). The van der Waals surface area contributed by atoms with E-state index in [1.807, 2.05) is 29.2 Å².